The normalized spacial score (nSPS) is 29.1. The number of Topliss-reactive ketones (excluding diaryl/α,β-unsaturated/α-hetero) is 1. The van der Waals surface area contributed by atoms with Crippen molar-refractivity contribution in [3.63, 3.8) is 0 Å². The average molecular weight is 1260 g/mol. The lowest BCUT2D eigenvalue weighted by molar-refractivity contribution is -0.277. The van der Waals surface area contributed by atoms with Crippen molar-refractivity contribution < 1.29 is 135 Å². The largest absolute Gasteiger partial charge is 0.508 e. The van der Waals surface area contributed by atoms with Crippen LogP contribution in [0.15, 0.2) is 103 Å². The molecule has 0 amide bonds. The number of hydrogen-bond donors (Lipinski definition) is 19. The molecule has 0 bridgehead atoms. The molecule has 0 unspecified atom stereocenters. The van der Waals surface area contributed by atoms with Crippen molar-refractivity contribution in [1.29, 1.82) is 0 Å². The summed E-state index contributed by atoms with van der Waals surface area (Å²) in [6.45, 7) is -2.52. The Morgan fingerprint density at radius 2 is 0.833 bits per heavy atom. The number of benzene rings is 6. The summed E-state index contributed by atoms with van der Waals surface area (Å²) in [5.74, 6) is -8.40. The molecule has 27 nitrogen and oxygen atoms in total. The summed E-state index contributed by atoms with van der Waals surface area (Å²) in [5, 5.41) is 208. The van der Waals surface area contributed by atoms with Crippen molar-refractivity contribution in [2.24, 2.45) is 0 Å². The molecule has 6 aromatic carbocycles. The highest BCUT2D eigenvalue weighted by Gasteiger charge is 2.49. The zero-order valence-electron chi connectivity index (χ0n) is 47.6. The molecule has 0 aromatic heterocycles. The molecule has 484 valence electrons. The van der Waals surface area contributed by atoms with Crippen molar-refractivity contribution in [3.05, 3.63) is 148 Å². The first-order chi connectivity index (χ1) is 43.0. The van der Waals surface area contributed by atoms with E-state index in [4.69, 9.17) is 33.2 Å². The molecule has 4 heterocycles. The standard InChI is InChI=1S/C63H70O27/c64-23-43-49(73)54(78)57(81)61(88-43)85-40-20-31(69)12-16-33(40)35(14-5-26-1-8-29(67)9-2-26)46-52(76)47(36(15-6-27-3-10-30(68)11-4-27)34-17-13-32(70)21-41(34)86-62-58(82)55(79)50(74)44(24-65)89-62)60-48(53(46)77)38(72)22-39(84-60)28-7-18-37(71)42(19-28)87-63-59(83)56(80)51(75)45(25-66)90-63/h1-4,7-13,16-21,35-36,39,43-45,49-51,54-59,61-71,73-83H,5-6,14-15,22-25H2/t35-,36-,39-,43+,44+,45+,49+,50+,51+,54-,55-,56-,57+,58+,59+,61+,62+,63+/m0/s1. The van der Waals surface area contributed by atoms with Gasteiger partial charge in [-0.25, -0.2) is 0 Å². The second-order valence-electron chi connectivity index (χ2n) is 22.6. The number of aromatic hydroxyl groups is 7. The Labute approximate surface area is 512 Å². The molecule has 0 aliphatic carbocycles. The minimum absolute atomic E-state index is 0.00929. The lowest BCUT2D eigenvalue weighted by Gasteiger charge is -2.40. The number of rotatable bonds is 20. The SMILES string of the molecule is O=C1C[C@@H](c2ccc(O)c(O[C@@H]3O[C@H](CO)[C@@H](O)[C@H](O)[C@H]3O)c2)Oc2c1c(O)c([C@@H](CCc1ccc(O)cc1)c1ccc(O)cc1O[C@@H]1O[C@H](CO)[C@@H](O)[C@H](O)[C@H]1O)c(O)c2[C@@H](CCc1ccc(O)cc1)c1ccc(O)cc1O[C@@H]1O[C@H](CO)[C@@H](O)[C@H](O)[C@H]1O. The lowest BCUT2D eigenvalue weighted by atomic mass is 9.76. The Hall–Kier alpha value is -7.81. The molecule has 0 spiro atoms. The third-order valence-electron chi connectivity index (χ3n) is 16.8. The average Bonchev–Trinajstić information content (AvgIpc) is 0.740. The Balaban J connectivity index is 1.19. The zero-order chi connectivity index (χ0) is 64.6. The van der Waals surface area contributed by atoms with Crippen LogP contribution in [0.25, 0.3) is 0 Å². The van der Waals surface area contributed by atoms with Gasteiger partial charge < -0.3 is 130 Å². The van der Waals surface area contributed by atoms with Crippen LogP contribution in [0, 0.1) is 0 Å². The molecular formula is C63H70O27. The molecule has 10 rings (SSSR count). The lowest BCUT2D eigenvalue weighted by Crippen LogP contribution is -2.60. The van der Waals surface area contributed by atoms with E-state index in [1.165, 1.54) is 60.7 Å². The number of aliphatic hydroxyl groups excluding tert-OH is 12. The number of carbonyl (C=O) groups excluding carboxylic acids is 1. The second kappa shape index (κ2) is 27.3. The van der Waals surface area contributed by atoms with Crippen molar-refractivity contribution in [3.8, 4) is 63.2 Å². The molecule has 19 N–H and O–H groups in total. The van der Waals surface area contributed by atoms with Crippen molar-refractivity contribution in [2.45, 2.75) is 142 Å². The Bertz CT molecular complexity index is 3470. The summed E-state index contributed by atoms with van der Waals surface area (Å²) < 4.78 is 42.2. The van der Waals surface area contributed by atoms with E-state index in [1.54, 1.807) is 24.3 Å². The zero-order valence-corrected chi connectivity index (χ0v) is 47.6. The fourth-order valence-corrected chi connectivity index (χ4v) is 11.8. The van der Waals surface area contributed by atoms with Crippen LogP contribution in [-0.4, -0.2) is 215 Å². The number of phenolic OH excluding ortho intramolecular Hbond substituents is 7. The van der Waals surface area contributed by atoms with E-state index in [0.29, 0.717) is 11.1 Å². The molecule has 3 fully saturated rings. The highest BCUT2D eigenvalue weighted by Crippen LogP contribution is 2.58. The summed E-state index contributed by atoms with van der Waals surface area (Å²) in [5.41, 5.74) is 0.0671. The predicted molar refractivity (Wildman–Crippen MR) is 306 cm³/mol. The highest BCUT2D eigenvalue weighted by molar-refractivity contribution is 6.04. The quantitative estimate of drug-likeness (QED) is 0.0492. The van der Waals surface area contributed by atoms with Gasteiger partial charge >= 0.3 is 0 Å². The van der Waals surface area contributed by atoms with Gasteiger partial charge in [-0.3, -0.25) is 4.79 Å². The van der Waals surface area contributed by atoms with Gasteiger partial charge in [0.1, 0.15) is 137 Å². The molecule has 4 aliphatic heterocycles. The minimum atomic E-state index is -2.00. The van der Waals surface area contributed by atoms with E-state index < -0.39 is 193 Å². The van der Waals surface area contributed by atoms with Gasteiger partial charge in [0.25, 0.3) is 0 Å². The van der Waals surface area contributed by atoms with Gasteiger partial charge in [-0.1, -0.05) is 42.5 Å². The van der Waals surface area contributed by atoms with Gasteiger partial charge in [0.05, 0.1) is 26.2 Å². The Morgan fingerprint density at radius 1 is 0.433 bits per heavy atom. The van der Waals surface area contributed by atoms with Crippen LogP contribution in [0.2, 0.25) is 0 Å². The third-order valence-corrected chi connectivity index (χ3v) is 16.8. The number of ketones is 1. The summed E-state index contributed by atoms with van der Waals surface area (Å²) in [4.78, 5) is 15.4. The first kappa shape index (κ1) is 65.2. The smallest absolute Gasteiger partial charge is 0.229 e. The number of aryl methyl sites for hydroxylation is 2. The number of hydrogen-bond acceptors (Lipinski definition) is 27. The van der Waals surface area contributed by atoms with Gasteiger partial charge in [-0.2, -0.15) is 0 Å². The van der Waals surface area contributed by atoms with E-state index in [0.717, 1.165) is 18.2 Å². The van der Waals surface area contributed by atoms with Crippen molar-refractivity contribution in [1.82, 2.24) is 0 Å². The van der Waals surface area contributed by atoms with Crippen LogP contribution in [0.3, 0.4) is 0 Å². The van der Waals surface area contributed by atoms with Crippen LogP contribution in [-0.2, 0) is 27.1 Å². The van der Waals surface area contributed by atoms with Crippen LogP contribution in [0.4, 0.5) is 0 Å². The molecule has 90 heavy (non-hydrogen) atoms. The first-order valence-electron chi connectivity index (χ1n) is 28.8. The van der Waals surface area contributed by atoms with E-state index in [2.05, 4.69) is 0 Å². The predicted octanol–water partition coefficient (Wildman–Crippen LogP) is 0.398. The molecule has 0 saturated carbocycles. The summed E-state index contributed by atoms with van der Waals surface area (Å²) in [6.07, 6.45) is -29.2. The number of fused-ring (bicyclic) bond motifs is 1. The molecular weight excluding hydrogens is 1190 g/mol. The van der Waals surface area contributed by atoms with E-state index in [-0.39, 0.29) is 70.9 Å². The van der Waals surface area contributed by atoms with Crippen molar-refractivity contribution in [2.75, 3.05) is 19.8 Å². The number of carbonyl (C=O) groups is 1. The molecule has 6 aromatic rings. The van der Waals surface area contributed by atoms with Gasteiger partial charge in [0.2, 0.25) is 18.9 Å². The summed E-state index contributed by atoms with van der Waals surface area (Å²) >= 11 is 0. The van der Waals surface area contributed by atoms with Crippen LogP contribution in [0.1, 0.15) is 86.5 Å². The van der Waals surface area contributed by atoms with Crippen LogP contribution >= 0.6 is 0 Å². The molecule has 27 heteroatoms. The van der Waals surface area contributed by atoms with Gasteiger partial charge in [0, 0.05) is 46.2 Å². The topological polar surface area (TPSA) is 466 Å². The maximum Gasteiger partial charge on any atom is 0.229 e. The molecule has 4 aliphatic rings. The Morgan fingerprint density at radius 3 is 1.26 bits per heavy atom. The van der Waals surface area contributed by atoms with E-state index >= 15 is 4.79 Å². The van der Waals surface area contributed by atoms with Gasteiger partial charge in [0.15, 0.2) is 17.3 Å². The van der Waals surface area contributed by atoms with E-state index in [1.807, 2.05) is 0 Å². The Kier molecular flexibility index (Phi) is 19.8. The summed E-state index contributed by atoms with van der Waals surface area (Å²) in [7, 11) is 0. The molecule has 18 atom stereocenters. The maximum atomic E-state index is 15.4. The van der Waals surface area contributed by atoms with Crippen LogP contribution in [0.5, 0.6) is 63.2 Å². The number of ether oxygens (including phenoxy) is 7. The van der Waals surface area contributed by atoms with Gasteiger partial charge in [-0.15, -0.1) is 0 Å². The maximum absolute atomic E-state index is 15.4. The van der Waals surface area contributed by atoms with Gasteiger partial charge in [-0.05, 0) is 90.9 Å². The fraction of sp³-hybridized carbons (Fsp3) is 0.413. The molecule has 0 radical (unpaired) electrons. The molecule has 3 saturated heterocycles. The fourth-order valence-electron chi connectivity index (χ4n) is 11.8. The first-order valence-corrected chi connectivity index (χ1v) is 28.8. The number of phenols is 7. The van der Waals surface area contributed by atoms with Crippen molar-refractivity contribution >= 4 is 5.78 Å². The number of aliphatic hydroxyl groups is 12. The van der Waals surface area contributed by atoms with Crippen LogP contribution < -0.4 is 18.9 Å². The minimum Gasteiger partial charge on any atom is -0.508 e. The third kappa shape index (κ3) is 13.2. The highest BCUT2D eigenvalue weighted by atomic mass is 16.7. The monoisotopic (exact) mass is 1260 g/mol. The van der Waals surface area contributed by atoms with E-state index in [9.17, 15) is 97.0 Å². The second-order valence-corrected chi connectivity index (χ2v) is 22.6. The summed E-state index contributed by atoms with van der Waals surface area (Å²) in [6, 6.07) is 23.0.